The van der Waals surface area contributed by atoms with Crippen LogP contribution in [0.2, 0.25) is 0 Å². The first kappa shape index (κ1) is 23.7. The molecule has 0 aromatic carbocycles. The molecule has 3 heterocycles. The molecule has 0 bridgehead atoms. The summed E-state index contributed by atoms with van der Waals surface area (Å²) in [5.41, 5.74) is 5.50. The average Bonchev–Trinajstić information content (AvgIpc) is 3.14. The molecule has 2 saturated heterocycles. The number of nitrogens with one attached hydrogen (secondary N) is 1. The zero-order chi connectivity index (χ0) is 16.8. The van der Waals surface area contributed by atoms with Crippen molar-refractivity contribution in [3.63, 3.8) is 0 Å². The van der Waals surface area contributed by atoms with Crippen molar-refractivity contribution < 1.29 is 9.53 Å². The Morgan fingerprint density at radius 1 is 1.31 bits per heavy atom. The Bertz CT molecular complexity index is 517. The normalized spacial score (nSPS) is 20.7. The lowest BCUT2D eigenvalue weighted by Crippen LogP contribution is -2.50. The molecule has 150 valence electrons. The topological polar surface area (TPSA) is 67.6 Å². The molecule has 1 aromatic heterocycles. The van der Waals surface area contributed by atoms with Crippen LogP contribution in [0.1, 0.15) is 30.6 Å². The van der Waals surface area contributed by atoms with Crippen molar-refractivity contribution in [2.75, 3.05) is 39.4 Å². The van der Waals surface area contributed by atoms with E-state index in [4.69, 9.17) is 10.5 Å². The highest BCUT2D eigenvalue weighted by atomic mass is 35.5. The molecule has 3 N–H and O–H groups in total. The summed E-state index contributed by atoms with van der Waals surface area (Å²) >= 11 is 1.83. The number of ether oxygens (including phenoxy) is 1. The maximum Gasteiger partial charge on any atom is 0.227 e. The molecule has 0 atom stereocenters. The van der Waals surface area contributed by atoms with Crippen LogP contribution in [0.15, 0.2) is 17.5 Å². The number of hydrogen-bond donors (Lipinski definition) is 2. The number of rotatable bonds is 6. The van der Waals surface area contributed by atoms with E-state index in [0.717, 1.165) is 51.9 Å². The molecule has 2 aliphatic rings. The number of carbonyl (C=O) groups is 1. The Labute approximate surface area is 172 Å². The number of likely N-dealkylation sites (tertiary alicyclic amines) is 1. The zero-order valence-corrected chi connectivity index (χ0v) is 17.6. The molecule has 0 saturated carbocycles. The summed E-state index contributed by atoms with van der Waals surface area (Å²) in [7, 11) is 0. The number of halogens is 2. The Morgan fingerprint density at radius 2 is 2.00 bits per heavy atom. The Morgan fingerprint density at radius 3 is 2.58 bits per heavy atom. The van der Waals surface area contributed by atoms with Gasteiger partial charge >= 0.3 is 0 Å². The first-order valence-electron chi connectivity index (χ1n) is 9.03. The van der Waals surface area contributed by atoms with Crippen LogP contribution in [0.3, 0.4) is 0 Å². The number of carbonyl (C=O) groups excluding carboxylic acids is 1. The van der Waals surface area contributed by atoms with Gasteiger partial charge in [-0.25, -0.2) is 0 Å². The van der Waals surface area contributed by atoms with Gasteiger partial charge in [0.2, 0.25) is 5.91 Å². The van der Waals surface area contributed by atoms with Crippen molar-refractivity contribution in [1.82, 2.24) is 10.2 Å². The summed E-state index contributed by atoms with van der Waals surface area (Å²) in [4.78, 5) is 16.6. The first-order chi connectivity index (χ1) is 11.7. The van der Waals surface area contributed by atoms with Crippen LogP contribution in [0.25, 0.3) is 0 Å². The van der Waals surface area contributed by atoms with E-state index in [1.807, 2.05) is 11.3 Å². The van der Waals surface area contributed by atoms with Crippen LogP contribution in [0.4, 0.5) is 0 Å². The standard InChI is InChI=1S/C18H29N3O2S.2ClH/c19-14-18(5-9-23-10-6-18)17(22)20-12-15-3-7-21(8-4-15)13-16-2-1-11-24-16;;/h1-2,11,15H,3-10,12-14,19H2,(H,20,22);2*1H. The van der Waals surface area contributed by atoms with E-state index >= 15 is 0 Å². The minimum Gasteiger partial charge on any atom is -0.381 e. The first-order valence-corrected chi connectivity index (χ1v) is 9.91. The van der Waals surface area contributed by atoms with Gasteiger partial charge < -0.3 is 15.8 Å². The molecule has 26 heavy (non-hydrogen) atoms. The fraction of sp³-hybridized carbons (Fsp3) is 0.722. The molecular formula is C18H31Cl2N3O2S. The average molecular weight is 424 g/mol. The lowest BCUT2D eigenvalue weighted by molar-refractivity contribution is -0.136. The van der Waals surface area contributed by atoms with Crippen LogP contribution < -0.4 is 11.1 Å². The summed E-state index contributed by atoms with van der Waals surface area (Å²) < 4.78 is 5.39. The quantitative estimate of drug-likeness (QED) is 0.737. The molecule has 8 heteroatoms. The van der Waals surface area contributed by atoms with Crippen LogP contribution in [0, 0.1) is 11.3 Å². The number of hydrogen-bond acceptors (Lipinski definition) is 5. The number of piperidine rings is 1. The Balaban J connectivity index is 0.00000169. The smallest absolute Gasteiger partial charge is 0.227 e. The van der Waals surface area contributed by atoms with Gasteiger partial charge in [0, 0.05) is 37.7 Å². The monoisotopic (exact) mass is 423 g/mol. The van der Waals surface area contributed by atoms with Crippen molar-refractivity contribution >= 4 is 42.1 Å². The van der Waals surface area contributed by atoms with Crippen molar-refractivity contribution in [1.29, 1.82) is 0 Å². The van der Waals surface area contributed by atoms with Crippen LogP contribution in [-0.2, 0) is 16.1 Å². The summed E-state index contributed by atoms with van der Waals surface area (Å²) in [6, 6.07) is 4.32. The van der Waals surface area contributed by atoms with E-state index < -0.39 is 5.41 Å². The molecule has 1 amide bonds. The van der Waals surface area contributed by atoms with E-state index in [2.05, 4.69) is 27.7 Å². The van der Waals surface area contributed by atoms with E-state index in [1.54, 1.807) is 0 Å². The lowest BCUT2D eigenvalue weighted by Gasteiger charge is -2.36. The third-order valence-electron chi connectivity index (χ3n) is 5.54. The Hall–Kier alpha value is -0.370. The molecule has 0 unspecified atom stereocenters. The number of nitrogens with zero attached hydrogens (tertiary/aromatic N) is 1. The second-order valence-corrected chi connectivity index (χ2v) is 8.14. The predicted molar refractivity (Wildman–Crippen MR) is 111 cm³/mol. The van der Waals surface area contributed by atoms with Crippen LogP contribution in [-0.4, -0.2) is 50.2 Å². The highest BCUT2D eigenvalue weighted by Crippen LogP contribution is 2.29. The minimum absolute atomic E-state index is 0. The van der Waals surface area contributed by atoms with Gasteiger partial charge in [-0.15, -0.1) is 36.2 Å². The third-order valence-corrected chi connectivity index (χ3v) is 6.40. The summed E-state index contributed by atoms with van der Waals surface area (Å²) in [5, 5.41) is 5.32. The van der Waals surface area contributed by atoms with E-state index in [1.165, 1.54) is 4.88 Å². The van der Waals surface area contributed by atoms with Gasteiger partial charge in [-0.1, -0.05) is 6.07 Å². The fourth-order valence-electron chi connectivity index (χ4n) is 3.68. The van der Waals surface area contributed by atoms with E-state index in [0.29, 0.717) is 25.7 Å². The fourth-order valence-corrected chi connectivity index (χ4v) is 4.43. The minimum atomic E-state index is -0.405. The molecule has 0 spiro atoms. The predicted octanol–water partition coefficient (Wildman–Crippen LogP) is 2.68. The second-order valence-electron chi connectivity index (χ2n) is 7.11. The van der Waals surface area contributed by atoms with Gasteiger partial charge in [0.25, 0.3) is 0 Å². The largest absolute Gasteiger partial charge is 0.381 e. The molecule has 2 aliphatic heterocycles. The van der Waals surface area contributed by atoms with Crippen LogP contribution >= 0.6 is 36.2 Å². The third kappa shape index (κ3) is 6.08. The molecule has 2 fully saturated rings. The van der Waals surface area contributed by atoms with E-state index in [9.17, 15) is 4.79 Å². The Kier molecular flexibility index (Phi) is 10.4. The zero-order valence-electron chi connectivity index (χ0n) is 15.2. The van der Waals surface area contributed by atoms with Crippen molar-refractivity contribution in [2.45, 2.75) is 32.2 Å². The lowest BCUT2D eigenvalue weighted by atomic mass is 9.79. The van der Waals surface area contributed by atoms with Gasteiger partial charge in [-0.3, -0.25) is 9.69 Å². The molecule has 0 radical (unpaired) electrons. The SMILES string of the molecule is Cl.Cl.NCC1(C(=O)NCC2CCN(Cc3cccs3)CC2)CCOCC1. The van der Waals surface area contributed by atoms with Gasteiger partial charge in [-0.2, -0.15) is 0 Å². The molecule has 5 nitrogen and oxygen atoms in total. The highest BCUT2D eigenvalue weighted by Gasteiger charge is 2.38. The van der Waals surface area contributed by atoms with Crippen molar-refractivity contribution in [2.24, 2.45) is 17.1 Å². The molecule has 1 aromatic rings. The number of nitrogens with two attached hydrogens (primary N) is 1. The molecular weight excluding hydrogens is 393 g/mol. The maximum absolute atomic E-state index is 12.6. The number of amides is 1. The maximum atomic E-state index is 12.6. The van der Waals surface area contributed by atoms with Gasteiger partial charge in [-0.05, 0) is 56.1 Å². The van der Waals surface area contributed by atoms with E-state index in [-0.39, 0.29) is 30.7 Å². The van der Waals surface area contributed by atoms with Crippen molar-refractivity contribution in [3.8, 4) is 0 Å². The second kappa shape index (κ2) is 11.5. The summed E-state index contributed by atoms with van der Waals surface area (Å²) in [6.45, 7) is 5.79. The van der Waals surface area contributed by atoms with Crippen LogP contribution in [0.5, 0.6) is 0 Å². The molecule has 0 aliphatic carbocycles. The molecule has 3 rings (SSSR count). The summed E-state index contributed by atoms with van der Waals surface area (Å²) in [5.74, 6) is 0.720. The van der Waals surface area contributed by atoms with Gasteiger partial charge in [0.1, 0.15) is 0 Å². The summed E-state index contributed by atoms with van der Waals surface area (Å²) in [6.07, 6.45) is 3.80. The number of thiophene rings is 1. The van der Waals surface area contributed by atoms with Gasteiger partial charge in [0.15, 0.2) is 0 Å². The van der Waals surface area contributed by atoms with Crippen molar-refractivity contribution in [3.05, 3.63) is 22.4 Å². The highest BCUT2D eigenvalue weighted by molar-refractivity contribution is 7.09. The van der Waals surface area contributed by atoms with Gasteiger partial charge in [0.05, 0.1) is 5.41 Å².